The van der Waals surface area contributed by atoms with E-state index in [2.05, 4.69) is 43.7 Å². The number of piperazine rings is 1. The first-order valence-corrected chi connectivity index (χ1v) is 8.71. The molecule has 23 heavy (non-hydrogen) atoms. The Hall–Kier alpha value is -1.70. The van der Waals surface area contributed by atoms with Gasteiger partial charge in [-0.15, -0.1) is 0 Å². The first-order chi connectivity index (χ1) is 11.2. The summed E-state index contributed by atoms with van der Waals surface area (Å²) >= 11 is 1.46. The number of hydrogen-bond donors (Lipinski definition) is 2. The van der Waals surface area contributed by atoms with Crippen molar-refractivity contribution in [1.29, 1.82) is 0 Å². The van der Waals surface area contributed by atoms with Gasteiger partial charge in [0.15, 0.2) is 0 Å². The van der Waals surface area contributed by atoms with Gasteiger partial charge in [-0.25, -0.2) is 0 Å². The molecule has 1 saturated heterocycles. The van der Waals surface area contributed by atoms with Gasteiger partial charge in [0.05, 0.1) is 6.61 Å². The molecule has 0 spiro atoms. The third-order valence-corrected chi connectivity index (χ3v) is 4.87. The number of anilines is 2. The molecule has 0 saturated carbocycles. The van der Waals surface area contributed by atoms with Crippen LogP contribution < -0.4 is 10.2 Å². The first-order valence-electron chi connectivity index (χ1n) is 7.94. The van der Waals surface area contributed by atoms with E-state index in [1.807, 2.05) is 12.1 Å². The summed E-state index contributed by atoms with van der Waals surface area (Å²) in [4.78, 5) is 9.22. The maximum Gasteiger partial charge on any atom is 0.236 e. The van der Waals surface area contributed by atoms with Crippen molar-refractivity contribution in [3.63, 3.8) is 0 Å². The molecule has 1 aromatic heterocycles. The van der Waals surface area contributed by atoms with Crippen molar-refractivity contribution in [2.45, 2.75) is 13.0 Å². The van der Waals surface area contributed by atoms with E-state index in [4.69, 9.17) is 5.11 Å². The van der Waals surface area contributed by atoms with Crippen LogP contribution in [0.3, 0.4) is 0 Å². The summed E-state index contributed by atoms with van der Waals surface area (Å²) in [6, 6.07) is 8.03. The lowest BCUT2D eigenvalue weighted by molar-refractivity contribution is 0.282. The lowest BCUT2D eigenvalue weighted by atomic mass is 10.1. The van der Waals surface area contributed by atoms with Crippen molar-refractivity contribution < 1.29 is 5.11 Å². The molecule has 0 bridgehead atoms. The Kier molecular flexibility index (Phi) is 5.43. The number of aliphatic hydroxyl groups is 1. The fourth-order valence-corrected chi connectivity index (χ4v) is 3.24. The number of hydrogen-bond acceptors (Lipinski definition) is 7. The highest BCUT2D eigenvalue weighted by Crippen LogP contribution is 2.20. The van der Waals surface area contributed by atoms with Gasteiger partial charge in [0.25, 0.3) is 0 Å². The van der Waals surface area contributed by atoms with E-state index in [0.29, 0.717) is 0 Å². The molecule has 2 aromatic rings. The molecule has 0 amide bonds. The lowest BCUT2D eigenvalue weighted by Gasteiger charge is -2.31. The number of aromatic nitrogens is 2. The third kappa shape index (κ3) is 4.40. The van der Waals surface area contributed by atoms with Crippen LogP contribution in [0.15, 0.2) is 24.3 Å². The van der Waals surface area contributed by atoms with Crippen molar-refractivity contribution in [2.75, 3.05) is 50.0 Å². The largest absolute Gasteiger partial charge is 0.392 e. The highest BCUT2D eigenvalue weighted by Gasteiger charge is 2.17. The average molecular weight is 333 g/mol. The second kappa shape index (κ2) is 7.72. The second-order valence-electron chi connectivity index (χ2n) is 5.84. The molecule has 0 atom stereocenters. The smallest absolute Gasteiger partial charge is 0.236 e. The molecule has 2 heterocycles. The fourth-order valence-electron chi connectivity index (χ4n) is 2.54. The topological polar surface area (TPSA) is 64.5 Å². The Labute approximate surface area is 140 Å². The Morgan fingerprint density at radius 3 is 2.52 bits per heavy atom. The fraction of sp³-hybridized carbons (Fsp3) is 0.500. The van der Waals surface area contributed by atoms with Crippen LogP contribution in [0.1, 0.15) is 11.1 Å². The van der Waals surface area contributed by atoms with Gasteiger partial charge < -0.3 is 20.2 Å². The molecule has 1 aromatic carbocycles. The quantitative estimate of drug-likeness (QED) is 0.834. The lowest BCUT2D eigenvalue weighted by Crippen LogP contribution is -2.44. The van der Waals surface area contributed by atoms with Gasteiger partial charge in [0, 0.05) is 44.3 Å². The predicted molar refractivity (Wildman–Crippen MR) is 94.2 cm³/mol. The molecule has 6 nitrogen and oxygen atoms in total. The van der Waals surface area contributed by atoms with E-state index >= 15 is 0 Å². The van der Waals surface area contributed by atoms with Gasteiger partial charge in [-0.05, 0) is 24.6 Å². The maximum atomic E-state index is 9.04. The van der Waals surface area contributed by atoms with Gasteiger partial charge >= 0.3 is 0 Å². The summed E-state index contributed by atoms with van der Waals surface area (Å²) in [7, 11) is 2.15. The molecular formula is C16H23N5OS. The predicted octanol–water partition coefficient (Wildman–Crippen LogP) is 1.44. The number of rotatable bonds is 6. The van der Waals surface area contributed by atoms with Crippen molar-refractivity contribution in [2.24, 2.45) is 0 Å². The Bertz CT molecular complexity index is 607. The molecule has 3 rings (SSSR count). The van der Waals surface area contributed by atoms with Crippen LogP contribution in [0.5, 0.6) is 0 Å². The van der Waals surface area contributed by atoms with E-state index in [-0.39, 0.29) is 6.61 Å². The van der Waals surface area contributed by atoms with Crippen LogP contribution in [-0.2, 0) is 13.0 Å². The van der Waals surface area contributed by atoms with Crippen LogP contribution in [0.2, 0.25) is 0 Å². The SMILES string of the molecule is CN1CCN(c2nc(NCCc3ccc(CO)cc3)ns2)CC1. The second-order valence-corrected chi connectivity index (χ2v) is 6.57. The zero-order valence-electron chi connectivity index (χ0n) is 13.4. The van der Waals surface area contributed by atoms with Gasteiger partial charge in [-0.2, -0.15) is 9.36 Å². The highest BCUT2D eigenvalue weighted by atomic mass is 32.1. The van der Waals surface area contributed by atoms with E-state index in [1.54, 1.807) is 0 Å². The number of aliphatic hydroxyl groups excluding tert-OH is 1. The molecule has 0 radical (unpaired) electrons. The average Bonchev–Trinajstić information content (AvgIpc) is 3.05. The normalized spacial score (nSPS) is 15.8. The zero-order chi connectivity index (χ0) is 16.1. The van der Waals surface area contributed by atoms with Crippen molar-refractivity contribution in [3.8, 4) is 0 Å². The monoisotopic (exact) mass is 333 g/mol. The summed E-state index contributed by atoms with van der Waals surface area (Å²) in [5.74, 6) is 0.718. The minimum atomic E-state index is 0.0936. The van der Waals surface area contributed by atoms with Crippen molar-refractivity contribution in [1.82, 2.24) is 14.3 Å². The van der Waals surface area contributed by atoms with E-state index < -0.39 is 0 Å². The molecule has 1 aliphatic rings. The van der Waals surface area contributed by atoms with Gasteiger partial charge in [-0.3, -0.25) is 0 Å². The molecular weight excluding hydrogens is 310 g/mol. The summed E-state index contributed by atoms with van der Waals surface area (Å²) in [6.45, 7) is 5.08. The summed E-state index contributed by atoms with van der Waals surface area (Å²) in [5.41, 5.74) is 2.18. The number of nitrogens with one attached hydrogen (secondary N) is 1. The summed E-state index contributed by atoms with van der Waals surface area (Å²) < 4.78 is 4.40. The zero-order valence-corrected chi connectivity index (χ0v) is 14.2. The third-order valence-electron chi connectivity index (χ3n) is 4.09. The molecule has 0 unspecified atom stereocenters. The van der Waals surface area contributed by atoms with Gasteiger partial charge in [0.1, 0.15) is 0 Å². The summed E-state index contributed by atoms with van der Waals surface area (Å²) in [6.07, 6.45) is 0.911. The Morgan fingerprint density at radius 2 is 1.83 bits per heavy atom. The Balaban J connectivity index is 1.47. The van der Waals surface area contributed by atoms with Crippen LogP contribution in [-0.4, -0.2) is 59.1 Å². The molecule has 0 aliphatic carbocycles. The molecule has 7 heteroatoms. The Morgan fingerprint density at radius 1 is 1.13 bits per heavy atom. The summed E-state index contributed by atoms with van der Waals surface area (Å²) in [5, 5.41) is 13.3. The molecule has 2 N–H and O–H groups in total. The van der Waals surface area contributed by atoms with Crippen molar-refractivity contribution >= 4 is 22.6 Å². The van der Waals surface area contributed by atoms with E-state index in [0.717, 1.165) is 55.8 Å². The van der Waals surface area contributed by atoms with Crippen LogP contribution >= 0.6 is 11.5 Å². The number of benzene rings is 1. The van der Waals surface area contributed by atoms with E-state index in [9.17, 15) is 0 Å². The van der Waals surface area contributed by atoms with Gasteiger partial charge in [-0.1, -0.05) is 24.3 Å². The van der Waals surface area contributed by atoms with Crippen LogP contribution in [0.25, 0.3) is 0 Å². The van der Waals surface area contributed by atoms with E-state index in [1.165, 1.54) is 17.1 Å². The number of nitrogens with zero attached hydrogens (tertiary/aromatic N) is 4. The first kappa shape index (κ1) is 16.2. The highest BCUT2D eigenvalue weighted by molar-refractivity contribution is 7.09. The maximum absolute atomic E-state index is 9.04. The van der Waals surface area contributed by atoms with Crippen LogP contribution in [0.4, 0.5) is 11.1 Å². The van der Waals surface area contributed by atoms with Crippen LogP contribution in [0, 0.1) is 0 Å². The standard InChI is InChI=1S/C16H23N5OS/c1-20-8-10-21(11-9-20)16-18-15(19-23-16)17-7-6-13-2-4-14(12-22)5-3-13/h2-5,22H,6-12H2,1H3,(H,17,19). The molecule has 1 fully saturated rings. The minimum Gasteiger partial charge on any atom is -0.392 e. The van der Waals surface area contributed by atoms with Gasteiger partial charge in [0.2, 0.25) is 11.1 Å². The van der Waals surface area contributed by atoms with Crippen molar-refractivity contribution in [3.05, 3.63) is 35.4 Å². The molecule has 1 aliphatic heterocycles. The molecule has 124 valence electrons. The minimum absolute atomic E-state index is 0.0936. The number of likely N-dealkylation sites (N-methyl/N-ethyl adjacent to an activating group) is 1.